The molecule has 0 aliphatic rings. The Balaban J connectivity index is 1.59. The maximum Gasteiger partial charge on any atom is 0.238 e. The summed E-state index contributed by atoms with van der Waals surface area (Å²) in [6, 6.07) is 17.4. The first-order chi connectivity index (χ1) is 12.1. The number of anilines is 1. The number of likely N-dealkylation sites (N-methyl/N-ethyl adjacent to an activating group) is 1. The van der Waals surface area contributed by atoms with Crippen molar-refractivity contribution in [3.8, 4) is 5.69 Å². The quantitative estimate of drug-likeness (QED) is 0.745. The van der Waals surface area contributed by atoms with Crippen molar-refractivity contribution in [2.75, 3.05) is 18.9 Å². The lowest BCUT2D eigenvalue weighted by molar-refractivity contribution is -0.117. The molecular weight excluding hydrogens is 316 g/mol. The smallest absolute Gasteiger partial charge is 0.238 e. The lowest BCUT2D eigenvalue weighted by Gasteiger charge is -2.16. The van der Waals surface area contributed by atoms with Gasteiger partial charge in [-0.2, -0.15) is 4.68 Å². The van der Waals surface area contributed by atoms with Crippen LogP contribution in [0.2, 0.25) is 0 Å². The van der Waals surface area contributed by atoms with Gasteiger partial charge < -0.3 is 5.32 Å². The highest BCUT2D eigenvalue weighted by Gasteiger charge is 2.13. The Labute approximate surface area is 146 Å². The molecule has 7 nitrogen and oxygen atoms in total. The number of hydrogen-bond acceptors (Lipinski definition) is 5. The van der Waals surface area contributed by atoms with E-state index in [2.05, 4.69) is 20.8 Å². The van der Waals surface area contributed by atoms with Crippen molar-refractivity contribution in [2.45, 2.75) is 13.5 Å². The van der Waals surface area contributed by atoms with Gasteiger partial charge in [-0.3, -0.25) is 9.69 Å². The summed E-state index contributed by atoms with van der Waals surface area (Å²) in [5, 5.41) is 14.7. The molecule has 1 heterocycles. The van der Waals surface area contributed by atoms with Gasteiger partial charge in [0.25, 0.3) is 0 Å². The Hall–Kier alpha value is -3.06. The zero-order valence-corrected chi connectivity index (χ0v) is 14.3. The van der Waals surface area contributed by atoms with E-state index >= 15 is 0 Å². The number of benzene rings is 2. The van der Waals surface area contributed by atoms with Crippen LogP contribution in [0.3, 0.4) is 0 Å². The van der Waals surface area contributed by atoms with Gasteiger partial charge in [0, 0.05) is 5.69 Å². The van der Waals surface area contributed by atoms with Crippen molar-refractivity contribution >= 4 is 11.6 Å². The Morgan fingerprint density at radius 1 is 1.12 bits per heavy atom. The Kier molecular flexibility index (Phi) is 5.15. The molecule has 1 amide bonds. The molecule has 128 valence electrons. The number of tetrazole rings is 1. The average Bonchev–Trinajstić information content (AvgIpc) is 3.05. The molecule has 0 fully saturated rings. The Bertz CT molecular complexity index is 828. The summed E-state index contributed by atoms with van der Waals surface area (Å²) < 4.78 is 1.67. The summed E-state index contributed by atoms with van der Waals surface area (Å²) in [7, 11) is 1.86. The zero-order chi connectivity index (χ0) is 17.6. The van der Waals surface area contributed by atoms with Crippen LogP contribution in [0.15, 0.2) is 54.6 Å². The molecule has 1 N–H and O–H groups in total. The molecule has 0 aliphatic heterocycles. The highest BCUT2D eigenvalue weighted by molar-refractivity contribution is 5.92. The molecule has 0 radical (unpaired) electrons. The molecule has 0 spiro atoms. The van der Waals surface area contributed by atoms with E-state index in [0.29, 0.717) is 12.4 Å². The van der Waals surface area contributed by atoms with Crippen LogP contribution >= 0.6 is 0 Å². The van der Waals surface area contributed by atoms with E-state index in [1.54, 1.807) is 4.68 Å². The van der Waals surface area contributed by atoms with Crippen molar-refractivity contribution < 1.29 is 4.79 Å². The number of aromatic nitrogens is 4. The first-order valence-corrected chi connectivity index (χ1v) is 7.99. The Morgan fingerprint density at radius 3 is 2.56 bits per heavy atom. The minimum atomic E-state index is -0.0786. The summed E-state index contributed by atoms with van der Waals surface area (Å²) >= 11 is 0. The second kappa shape index (κ2) is 7.67. The molecule has 1 aromatic heterocycles. The lowest BCUT2D eigenvalue weighted by Crippen LogP contribution is -2.30. The summed E-state index contributed by atoms with van der Waals surface area (Å²) in [5.41, 5.74) is 2.83. The van der Waals surface area contributed by atoms with Gasteiger partial charge in [0.15, 0.2) is 5.82 Å². The fraction of sp³-hybridized carbons (Fsp3) is 0.222. The number of carbonyl (C=O) groups excluding carboxylic acids is 1. The van der Waals surface area contributed by atoms with E-state index in [0.717, 1.165) is 16.9 Å². The van der Waals surface area contributed by atoms with Crippen molar-refractivity contribution in [2.24, 2.45) is 0 Å². The molecular formula is C18H20N6O. The summed E-state index contributed by atoms with van der Waals surface area (Å²) in [4.78, 5) is 14.0. The lowest BCUT2D eigenvalue weighted by atomic mass is 10.2. The first kappa shape index (κ1) is 16.8. The molecule has 3 rings (SSSR count). The van der Waals surface area contributed by atoms with Crippen LogP contribution in [0.5, 0.6) is 0 Å². The Morgan fingerprint density at radius 2 is 1.84 bits per heavy atom. The molecule has 0 saturated heterocycles. The van der Waals surface area contributed by atoms with Crippen molar-refractivity contribution in [1.82, 2.24) is 25.1 Å². The summed E-state index contributed by atoms with van der Waals surface area (Å²) in [6.45, 7) is 2.72. The second-order valence-corrected chi connectivity index (χ2v) is 5.93. The summed E-state index contributed by atoms with van der Waals surface area (Å²) in [5.74, 6) is 0.599. The van der Waals surface area contributed by atoms with Crippen molar-refractivity contribution in [3.05, 3.63) is 66.0 Å². The summed E-state index contributed by atoms with van der Waals surface area (Å²) in [6.07, 6.45) is 0. The van der Waals surface area contributed by atoms with E-state index in [-0.39, 0.29) is 12.5 Å². The third kappa shape index (κ3) is 4.48. The molecule has 3 aromatic rings. The van der Waals surface area contributed by atoms with Crippen LogP contribution in [0.25, 0.3) is 5.69 Å². The normalized spacial score (nSPS) is 10.8. The third-order valence-corrected chi connectivity index (χ3v) is 3.70. The number of aryl methyl sites for hydroxylation is 1. The molecule has 0 saturated carbocycles. The van der Waals surface area contributed by atoms with Crippen LogP contribution in [-0.2, 0) is 11.3 Å². The van der Waals surface area contributed by atoms with E-state index < -0.39 is 0 Å². The van der Waals surface area contributed by atoms with Crippen LogP contribution in [0.4, 0.5) is 5.69 Å². The molecule has 0 atom stereocenters. The maximum atomic E-state index is 12.2. The van der Waals surface area contributed by atoms with E-state index in [1.165, 1.54) is 0 Å². The average molecular weight is 336 g/mol. The highest BCUT2D eigenvalue weighted by Crippen LogP contribution is 2.10. The van der Waals surface area contributed by atoms with Crippen LogP contribution in [0, 0.1) is 6.92 Å². The van der Waals surface area contributed by atoms with E-state index in [4.69, 9.17) is 0 Å². The molecule has 7 heteroatoms. The van der Waals surface area contributed by atoms with Gasteiger partial charge in [0.2, 0.25) is 5.91 Å². The predicted molar refractivity (Wildman–Crippen MR) is 95.3 cm³/mol. The first-order valence-electron chi connectivity index (χ1n) is 7.99. The van der Waals surface area contributed by atoms with E-state index in [9.17, 15) is 4.79 Å². The minimum absolute atomic E-state index is 0.0786. The van der Waals surface area contributed by atoms with Crippen molar-refractivity contribution in [1.29, 1.82) is 0 Å². The van der Waals surface area contributed by atoms with Gasteiger partial charge in [-0.15, -0.1) is 5.10 Å². The number of nitrogens with zero attached hydrogens (tertiary/aromatic N) is 5. The van der Waals surface area contributed by atoms with Gasteiger partial charge >= 0.3 is 0 Å². The molecule has 0 aliphatic carbocycles. The monoisotopic (exact) mass is 336 g/mol. The van der Waals surface area contributed by atoms with Crippen molar-refractivity contribution in [3.63, 3.8) is 0 Å². The van der Waals surface area contributed by atoms with Crippen LogP contribution in [0.1, 0.15) is 11.4 Å². The highest BCUT2D eigenvalue weighted by atomic mass is 16.2. The van der Waals surface area contributed by atoms with Gasteiger partial charge in [0.1, 0.15) is 0 Å². The fourth-order valence-corrected chi connectivity index (χ4v) is 2.45. The van der Waals surface area contributed by atoms with Crippen LogP contribution in [-0.4, -0.2) is 44.6 Å². The topological polar surface area (TPSA) is 75.9 Å². The van der Waals surface area contributed by atoms with Gasteiger partial charge in [-0.05, 0) is 48.7 Å². The third-order valence-electron chi connectivity index (χ3n) is 3.70. The van der Waals surface area contributed by atoms with E-state index in [1.807, 2.05) is 73.5 Å². The van der Waals surface area contributed by atoms with Gasteiger partial charge in [-0.25, -0.2) is 0 Å². The minimum Gasteiger partial charge on any atom is -0.325 e. The molecule has 25 heavy (non-hydrogen) atoms. The number of para-hydroxylation sites is 1. The number of carbonyl (C=O) groups is 1. The molecule has 0 unspecified atom stereocenters. The largest absolute Gasteiger partial charge is 0.325 e. The van der Waals surface area contributed by atoms with Crippen LogP contribution < -0.4 is 5.32 Å². The predicted octanol–water partition coefficient (Wildman–Crippen LogP) is 2.04. The maximum absolute atomic E-state index is 12.2. The standard InChI is InChI=1S/C18H20N6O/c1-14-8-10-15(11-9-14)19-18(25)13-23(2)12-17-20-21-22-24(17)16-6-4-3-5-7-16/h3-11H,12-13H2,1-2H3,(H,19,25). The van der Waals surface area contributed by atoms with Gasteiger partial charge in [0.05, 0.1) is 18.8 Å². The zero-order valence-electron chi connectivity index (χ0n) is 14.3. The fourth-order valence-electron chi connectivity index (χ4n) is 2.45. The number of hydrogen-bond donors (Lipinski definition) is 1. The molecule has 2 aromatic carbocycles. The second-order valence-electron chi connectivity index (χ2n) is 5.93. The number of rotatable bonds is 6. The van der Waals surface area contributed by atoms with Gasteiger partial charge in [-0.1, -0.05) is 35.9 Å². The SMILES string of the molecule is Cc1ccc(NC(=O)CN(C)Cc2nnnn2-c2ccccc2)cc1. The molecule has 0 bridgehead atoms. The number of amides is 1. The number of nitrogens with one attached hydrogen (secondary N) is 1.